The van der Waals surface area contributed by atoms with E-state index in [1.165, 1.54) is 0 Å². The predicted molar refractivity (Wildman–Crippen MR) is 118 cm³/mol. The largest absolute Gasteiger partial charge is 0.497 e. The number of furan rings is 1. The van der Waals surface area contributed by atoms with Crippen molar-refractivity contribution in [1.82, 2.24) is 4.98 Å². The van der Waals surface area contributed by atoms with Gasteiger partial charge in [-0.25, -0.2) is 4.98 Å². The molecule has 0 N–H and O–H groups in total. The normalized spacial score (nSPS) is 10.9. The van der Waals surface area contributed by atoms with Crippen LogP contribution in [0, 0.1) is 20.8 Å². The number of aromatic nitrogens is 1. The molecule has 4 rings (SSSR count). The minimum atomic E-state index is -0.213. The number of nitrogens with zero attached hydrogens (tertiary/aromatic N) is 2. The summed E-state index contributed by atoms with van der Waals surface area (Å²) in [7, 11) is 1.63. The Morgan fingerprint density at radius 2 is 1.83 bits per heavy atom. The lowest BCUT2D eigenvalue weighted by molar-refractivity contribution is 0.0959. The van der Waals surface area contributed by atoms with Crippen LogP contribution in [0.4, 0.5) is 5.82 Å². The molecule has 4 aromatic rings. The van der Waals surface area contributed by atoms with Crippen LogP contribution in [-0.4, -0.2) is 18.0 Å². The fourth-order valence-corrected chi connectivity index (χ4v) is 3.68. The van der Waals surface area contributed by atoms with Crippen LogP contribution in [0.2, 0.25) is 0 Å². The second kappa shape index (κ2) is 8.03. The van der Waals surface area contributed by atoms with Gasteiger partial charge in [0.2, 0.25) is 0 Å². The van der Waals surface area contributed by atoms with Crippen LogP contribution < -0.4 is 9.64 Å². The maximum absolute atomic E-state index is 13.6. The highest BCUT2D eigenvalue weighted by atomic mass is 16.5. The topological polar surface area (TPSA) is 55.6 Å². The van der Waals surface area contributed by atoms with Gasteiger partial charge < -0.3 is 9.15 Å². The maximum atomic E-state index is 13.6. The Labute approximate surface area is 175 Å². The van der Waals surface area contributed by atoms with Gasteiger partial charge in [-0.15, -0.1) is 0 Å². The van der Waals surface area contributed by atoms with Gasteiger partial charge in [-0.3, -0.25) is 9.69 Å². The zero-order valence-corrected chi connectivity index (χ0v) is 17.6. The highest BCUT2D eigenvalue weighted by Gasteiger charge is 2.26. The SMILES string of the molecule is COc1ccc(CN(C(=O)c2oc3c(C)cc(C)cc3c2C)c2ccccn2)cc1. The Morgan fingerprint density at radius 3 is 2.50 bits per heavy atom. The molecule has 0 saturated heterocycles. The van der Waals surface area contributed by atoms with Crippen molar-refractivity contribution in [2.24, 2.45) is 0 Å². The average Bonchev–Trinajstić information content (AvgIpc) is 3.09. The van der Waals surface area contributed by atoms with Gasteiger partial charge in [0.15, 0.2) is 5.76 Å². The van der Waals surface area contributed by atoms with Crippen LogP contribution in [0.15, 0.2) is 65.2 Å². The molecule has 0 aliphatic heterocycles. The molecule has 0 aliphatic rings. The number of anilines is 1. The number of carbonyl (C=O) groups excluding carboxylic acids is 1. The van der Waals surface area contributed by atoms with Crippen LogP contribution in [-0.2, 0) is 6.54 Å². The first kappa shape index (κ1) is 19.7. The predicted octanol–water partition coefficient (Wildman–Crippen LogP) is 5.61. The van der Waals surface area contributed by atoms with Crippen molar-refractivity contribution in [3.63, 3.8) is 0 Å². The van der Waals surface area contributed by atoms with Crippen molar-refractivity contribution in [3.8, 4) is 5.75 Å². The average molecular weight is 400 g/mol. The highest BCUT2D eigenvalue weighted by molar-refractivity contribution is 6.07. The van der Waals surface area contributed by atoms with E-state index < -0.39 is 0 Å². The van der Waals surface area contributed by atoms with Gasteiger partial charge in [-0.2, -0.15) is 0 Å². The van der Waals surface area contributed by atoms with Crippen molar-refractivity contribution in [1.29, 1.82) is 0 Å². The number of ether oxygens (including phenoxy) is 1. The standard InChI is InChI=1S/C25H24N2O3/c1-16-13-17(2)23-21(14-16)18(3)24(30-23)25(28)27(22-7-5-6-12-26-22)15-19-8-10-20(29-4)11-9-19/h5-14H,15H2,1-4H3. The number of pyridine rings is 1. The monoisotopic (exact) mass is 400 g/mol. The number of amides is 1. The second-order valence-electron chi connectivity index (χ2n) is 7.44. The van der Waals surface area contributed by atoms with Gasteiger partial charge in [0.1, 0.15) is 17.2 Å². The Bertz CT molecular complexity index is 1190. The van der Waals surface area contributed by atoms with Crippen molar-refractivity contribution in [2.75, 3.05) is 12.0 Å². The molecule has 0 radical (unpaired) electrons. The smallest absolute Gasteiger partial charge is 0.295 e. The minimum Gasteiger partial charge on any atom is -0.497 e. The highest BCUT2D eigenvalue weighted by Crippen LogP contribution is 2.31. The molecule has 2 aromatic carbocycles. The van der Waals surface area contributed by atoms with E-state index in [1.54, 1.807) is 18.2 Å². The summed E-state index contributed by atoms with van der Waals surface area (Å²) in [6.07, 6.45) is 1.68. The summed E-state index contributed by atoms with van der Waals surface area (Å²) in [6, 6.07) is 17.3. The molecular weight excluding hydrogens is 376 g/mol. The number of fused-ring (bicyclic) bond motifs is 1. The Kier molecular flexibility index (Phi) is 5.27. The molecule has 0 spiro atoms. The first-order valence-corrected chi connectivity index (χ1v) is 9.84. The van der Waals surface area contributed by atoms with E-state index in [0.29, 0.717) is 18.1 Å². The maximum Gasteiger partial charge on any atom is 0.295 e. The minimum absolute atomic E-state index is 0.213. The van der Waals surface area contributed by atoms with Gasteiger partial charge in [0, 0.05) is 17.1 Å². The van der Waals surface area contributed by atoms with Crippen LogP contribution in [0.3, 0.4) is 0 Å². The molecule has 30 heavy (non-hydrogen) atoms. The second-order valence-corrected chi connectivity index (χ2v) is 7.44. The lowest BCUT2D eigenvalue weighted by Crippen LogP contribution is -2.31. The molecule has 0 fully saturated rings. The van der Waals surface area contributed by atoms with Crippen molar-refractivity contribution in [3.05, 3.63) is 88.8 Å². The van der Waals surface area contributed by atoms with Gasteiger partial charge in [-0.1, -0.05) is 24.3 Å². The number of hydrogen-bond acceptors (Lipinski definition) is 4. The van der Waals surface area contributed by atoms with E-state index in [0.717, 1.165) is 39.0 Å². The first-order chi connectivity index (χ1) is 14.5. The quantitative estimate of drug-likeness (QED) is 0.437. The van der Waals surface area contributed by atoms with Crippen molar-refractivity contribution >= 4 is 22.7 Å². The molecule has 2 aromatic heterocycles. The van der Waals surface area contributed by atoms with Gasteiger partial charge >= 0.3 is 0 Å². The Hall–Kier alpha value is -3.60. The fourth-order valence-electron chi connectivity index (χ4n) is 3.68. The summed E-state index contributed by atoms with van der Waals surface area (Å²) < 4.78 is 11.3. The van der Waals surface area contributed by atoms with Gasteiger partial charge in [0.05, 0.1) is 13.7 Å². The van der Waals surface area contributed by atoms with Crippen LogP contribution in [0.1, 0.15) is 32.8 Å². The molecule has 5 nitrogen and oxygen atoms in total. The molecule has 0 aliphatic carbocycles. The van der Waals surface area contributed by atoms with E-state index in [1.807, 2.05) is 63.2 Å². The van der Waals surface area contributed by atoms with E-state index in [4.69, 9.17) is 9.15 Å². The van der Waals surface area contributed by atoms with Crippen molar-refractivity contribution < 1.29 is 13.9 Å². The molecule has 0 saturated carbocycles. The Morgan fingerprint density at radius 1 is 1.07 bits per heavy atom. The van der Waals surface area contributed by atoms with Gasteiger partial charge in [-0.05, 0) is 67.8 Å². The Balaban J connectivity index is 1.77. The summed E-state index contributed by atoms with van der Waals surface area (Å²) in [6.45, 7) is 6.35. The zero-order chi connectivity index (χ0) is 21.3. The van der Waals surface area contributed by atoms with Crippen LogP contribution in [0.5, 0.6) is 5.75 Å². The number of carbonyl (C=O) groups is 1. The zero-order valence-electron chi connectivity index (χ0n) is 17.6. The fraction of sp³-hybridized carbons (Fsp3) is 0.200. The lowest BCUT2D eigenvalue weighted by atomic mass is 10.1. The summed E-state index contributed by atoms with van der Waals surface area (Å²) in [5.41, 5.74) is 4.73. The summed E-state index contributed by atoms with van der Waals surface area (Å²) >= 11 is 0. The molecule has 2 heterocycles. The molecule has 0 bridgehead atoms. The van der Waals surface area contributed by atoms with Crippen LogP contribution >= 0.6 is 0 Å². The molecular formula is C25H24N2O3. The van der Waals surface area contributed by atoms with E-state index in [-0.39, 0.29) is 5.91 Å². The first-order valence-electron chi connectivity index (χ1n) is 9.84. The number of benzene rings is 2. The third-order valence-electron chi connectivity index (χ3n) is 5.23. The molecule has 0 unspecified atom stereocenters. The summed E-state index contributed by atoms with van der Waals surface area (Å²) in [4.78, 5) is 19.7. The third-order valence-corrected chi connectivity index (χ3v) is 5.23. The van der Waals surface area contributed by atoms with E-state index >= 15 is 0 Å². The molecule has 152 valence electrons. The third kappa shape index (κ3) is 3.66. The van der Waals surface area contributed by atoms with Crippen LogP contribution in [0.25, 0.3) is 11.0 Å². The van der Waals surface area contributed by atoms with Gasteiger partial charge in [0.25, 0.3) is 5.91 Å². The summed E-state index contributed by atoms with van der Waals surface area (Å²) in [5, 5.41) is 0.973. The van der Waals surface area contributed by atoms with E-state index in [9.17, 15) is 4.79 Å². The summed E-state index contributed by atoms with van der Waals surface area (Å²) in [5.74, 6) is 1.48. The molecule has 5 heteroatoms. The number of hydrogen-bond donors (Lipinski definition) is 0. The van der Waals surface area contributed by atoms with E-state index in [2.05, 4.69) is 17.1 Å². The number of methoxy groups -OCH3 is 1. The molecule has 1 amide bonds. The number of rotatable bonds is 5. The molecule has 0 atom stereocenters. The number of aryl methyl sites for hydroxylation is 3. The van der Waals surface area contributed by atoms with Crippen molar-refractivity contribution in [2.45, 2.75) is 27.3 Å². The lowest BCUT2D eigenvalue weighted by Gasteiger charge is -2.21.